The van der Waals surface area contributed by atoms with Crippen LogP contribution in [0.15, 0.2) is 0 Å². The van der Waals surface area contributed by atoms with E-state index >= 15 is 0 Å². The Balaban J connectivity index is 2.15. The average Bonchev–Trinajstić information content (AvgIpc) is 2.24. The minimum atomic E-state index is 0.267. The van der Waals surface area contributed by atoms with E-state index in [2.05, 4.69) is 12.2 Å². The summed E-state index contributed by atoms with van der Waals surface area (Å²) < 4.78 is 5.21. The molecule has 1 fully saturated rings. The molecule has 0 aliphatic carbocycles. The third-order valence-corrected chi connectivity index (χ3v) is 2.60. The van der Waals surface area contributed by atoms with E-state index < -0.39 is 0 Å². The van der Waals surface area contributed by atoms with E-state index in [0.29, 0.717) is 19.1 Å². The van der Waals surface area contributed by atoms with Crippen LogP contribution in [0.4, 0.5) is 0 Å². The quantitative estimate of drug-likeness (QED) is 0.682. The molecule has 4 heteroatoms. The maximum atomic E-state index is 11.7. The van der Waals surface area contributed by atoms with Gasteiger partial charge in [-0.05, 0) is 20.3 Å². The van der Waals surface area contributed by atoms with E-state index in [1.54, 1.807) is 0 Å². The molecule has 0 spiro atoms. The van der Waals surface area contributed by atoms with Crippen molar-refractivity contribution in [1.29, 1.82) is 0 Å². The molecule has 1 N–H and O–H groups in total. The molecule has 0 aromatic heterocycles. The zero-order valence-corrected chi connectivity index (χ0v) is 9.79. The summed E-state index contributed by atoms with van der Waals surface area (Å²) in [6.07, 6.45) is 1.46. The summed E-state index contributed by atoms with van der Waals surface area (Å²) in [5, 5.41) is 3.32. The minimum absolute atomic E-state index is 0.267. The van der Waals surface area contributed by atoms with Crippen LogP contribution in [0.5, 0.6) is 0 Å². The number of piperazine rings is 1. The second kappa shape index (κ2) is 6.80. The van der Waals surface area contributed by atoms with Crippen LogP contribution in [0, 0.1) is 0 Å². The lowest BCUT2D eigenvalue weighted by Crippen LogP contribution is -2.51. The lowest BCUT2D eigenvalue weighted by atomic mass is 10.2. The van der Waals surface area contributed by atoms with E-state index in [4.69, 9.17) is 4.74 Å². The molecule has 1 aliphatic heterocycles. The molecular weight excluding hydrogens is 192 g/mol. The zero-order chi connectivity index (χ0) is 11.1. The van der Waals surface area contributed by atoms with Crippen LogP contribution < -0.4 is 5.32 Å². The molecule has 1 heterocycles. The van der Waals surface area contributed by atoms with Gasteiger partial charge >= 0.3 is 0 Å². The summed E-state index contributed by atoms with van der Waals surface area (Å²) in [6, 6.07) is 0.426. The Labute approximate surface area is 92.0 Å². The number of hydrogen-bond acceptors (Lipinski definition) is 3. The van der Waals surface area contributed by atoms with Crippen LogP contribution in [0.1, 0.15) is 26.7 Å². The summed E-state index contributed by atoms with van der Waals surface area (Å²) in [5.74, 6) is 0.267. The molecule has 1 rings (SSSR count). The van der Waals surface area contributed by atoms with Gasteiger partial charge in [-0.2, -0.15) is 0 Å². The van der Waals surface area contributed by atoms with Crippen LogP contribution in [-0.4, -0.2) is 49.7 Å². The molecule has 0 aromatic rings. The largest absolute Gasteiger partial charge is 0.382 e. The molecule has 1 amide bonds. The third kappa shape index (κ3) is 4.62. The van der Waals surface area contributed by atoms with Crippen molar-refractivity contribution >= 4 is 5.91 Å². The minimum Gasteiger partial charge on any atom is -0.382 e. The molecule has 1 saturated heterocycles. The number of nitrogens with zero attached hydrogens (tertiary/aromatic N) is 1. The van der Waals surface area contributed by atoms with Crippen molar-refractivity contribution in [2.75, 3.05) is 32.8 Å². The van der Waals surface area contributed by atoms with Crippen LogP contribution in [0.25, 0.3) is 0 Å². The van der Waals surface area contributed by atoms with E-state index in [1.807, 2.05) is 11.8 Å². The van der Waals surface area contributed by atoms with Crippen molar-refractivity contribution in [3.05, 3.63) is 0 Å². The first-order valence-electron chi connectivity index (χ1n) is 5.83. The Bertz CT molecular complexity index is 197. The Kier molecular flexibility index (Phi) is 5.65. The lowest BCUT2D eigenvalue weighted by molar-refractivity contribution is -0.132. The van der Waals surface area contributed by atoms with E-state index in [9.17, 15) is 4.79 Å². The van der Waals surface area contributed by atoms with Gasteiger partial charge in [-0.25, -0.2) is 0 Å². The highest BCUT2D eigenvalue weighted by molar-refractivity contribution is 5.76. The third-order valence-electron chi connectivity index (χ3n) is 2.60. The van der Waals surface area contributed by atoms with Crippen LogP contribution >= 0.6 is 0 Å². The molecule has 4 nitrogen and oxygen atoms in total. The molecule has 0 aromatic carbocycles. The first-order valence-corrected chi connectivity index (χ1v) is 5.83. The number of nitrogens with one attached hydrogen (secondary N) is 1. The fourth-order valence-corrected chi connectivity index (χ4v) is 1.79. The Morgan fingerprint density at radius 1 is 1.60 bits per heavy atom. The number of carbonyl (C=O) groups excluding carboxylic acids is 1. The molecule has 1 unspecified atom stereocenters. The Hall–Kier alpha value is -0.610. The van der Waals surface area contributed by atoms with Crippen molar-refractivity contribution in [1.82, 2.24) is 10.2 Å². The molecule has 15 heavy (non-hydrogen) atoms. The molecule has 1 aliphatic rings. The van der Waals surface area contributed by atoms with Crippen molar-refractivity contribution in [3.63, 3.8) is 0 Å². The van der Waals surface area contributed by atoms with E-state index in [0.717, 1.165) is 32.7 Å². The number of amides is 1. The second-order valence-electron chi connectivity index (χ2n) is 4.00. The Morgan fingerprint density at radius 2 is 2.40 bits per heavy atom. The van der Waals surface area contributed by atoms with Crippen LogP contribution in [0.2, 0.25) is 0 Å². The number of ether oxygens (including phenoxy) is 1. The van der Waals surface area contributed by atoms with Crippen molar-refractivity contribution in [3.8, 4) is 0 Å². The first-order chi connectivity index (χ1) is 7.24. The number of hydrogen-bond donors (Lipinski definition) is 1. The van der Waals surface area contributed by atoms with Gasteiger partial charge in [0.05, 0.1) is 0 Å². The second-order valence-corrected chi connectivity index (χ2v) is 4.00. The van der Waals surface area contributed by atoms with Gasteiger partial charge in [-0.1, -0.05) is 0 Å². The van der Waals surface area contributed by atoms with Gasteiger partial charge in [-0.15, -0.1) is 0 Å². The highest BCUT2D eigenvalue weighted by atomic mass is 16.5. The lowest BCUT2D eigenvalue weighted by Gasteiger charge is -2.32. The van der Waals surface area contributed by atoms with Gasteiger partial charge in [0, 0.05) is 45.3 Å². The molecular formula is C11H22N2O2. The normalized spacial score (nSPS) is 21.7. The number of rotatable bonds is 5. The molecule has 0 saturated carbocycles. The molecule has 0 bridgehead atoms. The number of carbonyl (C=O) groups is 1. The predicted octanol–water partition coefficient (Wildman–Crippen LogP) is 0.623. The first kappa shape index (κ1) is 12.5. The van der Waals surface area contributed by atoms with E-state index in [-0.39, 0.29) is 5.91 Å². The summed E-state index contributed by atoms with van der Waals surface area (Å²) in [7, 11) is 0. The van der Waals surface area contributed by atoms with Gasteiger partial charge in [0.15, 0.2) is 0 Å². The molecule has 0 radical (unpaired) electrons. The fourth-order valence-electron chi connectivity index (χ4n) is 1.79. The molecule has 88 valence electrons. The fraction of sp³-hybridized carbons (Fsp3) is 0.909. The summed E-state index contributed by atoms with van der Waals surface area (Å²) >= 11 is 0. The van der Waals surface area contributed by atoms with Crippen LogP contribution in [-0.2, 0) is 9.53 Å². The zero-order valence-electron chi connectivity index (χ0n) is 9.79. The van der Waals surface area contributed by atoms with E-state index in [1.165, 1.54) is 0 Å². The maximum absolute atomic E-state index is 11.7. The van der Waals surface area contributed by atoms with Gasteiger partial charge in [-0.3, -0.25) is 4.79 Å². The van der Waals surface area contributed by atoms with Crippen molar-refractivity contribution < 1.29 is 9.53 Å². The SMILES string of the molecule is CCOCCCC(=O)N1CCNC(C)C1. The van der Waals surface area contributed by atoms with Gasteiger partial charge in [0.2, 0.25) is 5.91 Å². The van der Waals surface area contributed by atoms with Crippen LogP contribution in [0.3, 0.4) is 0 Å². The highest BCUT2D eigenvalue weighted by Gasteiger charge is 2.19. The predicted molar refractivity (Wildman–Crippen MR) is 59.8 cm³/mol. The van der Waals surface area contributed by atoms with Crippen molar-refractivity contribution in [2.45, 2.75) is 32.7 Å². The van der Waals surface area contributed by atoms with Gasteiger partial charge in [0.25, 0.3) is 0 Å². The summed E-state index contributed by atoms with van der Waals surface area (Å²) in [5.41, 5.74) is 0. The molecule has 1 atom stereocenters. The highest BCUT2D eigenvalue weighted by Crippen LogP contribution is 2.03. The van der Waals surface area contributed by atoms with Crippen molar-refractivity contribution in [2.24, 2.45) is 0 Å². The smallest absolute Gasteiger partial charge is 0.222 e. The average molecular weight is 214 g/mol. The Morgan fingerprint density at radius 3 is 3.07 bits per heavy atom. The standard InChI is InChI=1S/C11H22N2O2/c1-3-15-8-4-5-11(14)13-7-6-12-10(2)9-13/h10,12H,3-9H2,1-2H3. The maximum Gasteiger partial charge on any atom is 0.222 e. The summed E-state index contributed by atoms with van der Waals surface area (Å²) in [6.45, 7) is 8.12. The topological polar surface area (TPSA) is 41.6 Å². The van der Waals surface area contributed by atoms with Gasteiger partial charge in [0.1, 0.15) is 0 Å². The summed E-state index contributed by atoms with van der Waals surface area (Å²) in [4.78, 5) is 13.7. The van der Waals surface area contributed by atoms with Gasteiger partial charge < -0.3 is 15.0 Å². The monoisotopic (exact) mass is 214 g/mol.